The minimum Gasteiger partial charge on any atom is -0.444 e. The average Bonchev–Trinajstić information content (AvgIpc) is 2.88. The van der Waals surface area contributed by atoms with Crippen LogP contribution in [-0.2, 0) is 20.7 Å². The zero-order valence-electron chi connectivity index (χ0n) is 25.9. The van der Waals surface area contributed by atoms with Crippen LogP contribution in [0.25, 0.3) is 0 Å². The number of rotatable bonds is 12. The molecule has 0 fully saturated rings. The van der Waals surface area contributed by atoms with Crippen LogP contribution < -0.4 is 10.6 Å². The standard InChI is InChI=1S/C34H47N3O4/c1-10-26-18-20-28(21-19-26)30(31(38)35-24(4)5)37(25(6)17-16-23(2)3)32(39)29(22-27-14-12-11-13-15-27)36-33(40)41-34(7,8)9/h1,11-15,18-21,23-25,29-30H,16-17,22H2,2-9H3,(H,35,38)(H,36,40). The summed E-state index contributed by atoms with van der Waals surface area (Å²) in [6.45, 7) is 15.3. The van der Waals surface area contributed by atoms with Gasteiger partial charge in [-0.1, -0.05) is 62.2 Å². The van der Waals surface area contributed by atoms with Crippen LogP contribution in [0.1, 0.15) is 91.0 Å². The predicted molar refractivity (Wildman–Crippen MR) is 164 cm³/mol. The molecule has 2 aromatic rings. The van der Waals surface area contributed by atoms with Crippen molar-refractivity contribution in [2.75, 3.05) is 0 Å². The highest BCUT2D eigenvalue weighted by molar-refractivity contribution is 5.92. The Morgan fingerprint density at radius 1 is 0.902 bits per heavy atom. The van der Waals surface area contributed by atoms with Crippen LogP contribution in [0.4, 0.5) is 4.79 Å². The van der Waals surface area contributed by atoms with Gasteiger partial charge in [-0.05, 0) is 83.6 Å². The van der Waals surface area contributed by atoms with Crippen LogP contribution >= 0.6 is 0 Å². The number of nitrogens with zero attached hydrogens (tertiary/aromatic N) is 1. The van der Waals surface area contributed by atoms with E-state index in [1.165, 1.54) is 0 Å². The summed E-state index contributed by atoms with van der Waals surface area (Å²) in [5, 5.41) is 5.82. The van der Waals surface area contributed by atoms with Crippen LogP contribution in [0.2, 0.25) is 0 Å². The van der Waals surface area contributed by atoms with Gasteiger partial charge in [-0.25, -0.2) is 4.79 Å². The Balaban J connectivity index is 2.64. The molecule has 222 valence electrons. The van der Waals surface area contributed by atoms with Crippen molar-refractivity contribution in [1.29, 1.82) is 0 Å². The normalized spacial score (nSPS) is 13.6. The Morgan fingerprint density at radius 3 is 2.02 bits per heavy atom. The first-order valence-corrected chi connectivity index (χ1v) is 14.4. The third-order valence-electron chi connectivity index (χ3n) is 6.51. The van der Waals surface area contributed by atoms with E-state index in [0.29, 0.717) is 23.5 Å². The topological polar surface area (TPSA) is 87.7 Å². The molecular weight excluding hydrogens is 514 g/mol. The number of hydrogen-bond acceptors (Lipinski definition) is 4. The number of benzene rings is 2. The Labute approximate surface area is 246 Å². The molecule has 0 heterocycles. The summed E-state index contributed by atoms with van der Waals surface area (Å²) in [5.41, 5.74) is 1.45. The van der Waals surface area contributed by atoms with Gasteiger partial charge in [-0.2, -0.15) is 0 Å². The smallest absolute Gasteiger partial charge is 0.408 e. The second kappa shape index (κ2) is 15.3. The average molecular weight is 562 g/mol. The lowest BCUT2D eigenvalue weighted by molar-refractivity contribution is -0.145. The number of terminal acetylenes is 1. The van der Waals surface area contributed by atoms with E-state index < -0.39 is 23.8 Å². The van der Waals surface area contributed by atoms with Crippen molar-refractivity contribution in [2.45, 2.75) is 104 Å². The summed E-state index contributed by atoms with van der Waals surface area (Å²) >= 11 is 0. The van der Waals surface area contributed by atoms with Gasteiger partial charge in [0.05, 0.1) is 0 Å². The maximum absolute atomic E-state index is 14.6. The van der Waals surface area contributed by atoms with Gasteiger partial charge < -0.3 is 20.3 Å². The van der Waals surface area contributed by atoms with Gasteiger partial charge >= 0.3 is 6.09 Å². The molecule has 0 radical (unpaired) electrons. The summed E-state index contributed by atoms with van der Waals surface area (Å²) in [5.74, 6) is 2.36. The van der Waals surface area contributed by atoms with Crippen LogP contribution in [-0.4, -0.2) is 46.5 Å². The van der Waals surface area contributed by atoms with Crippen LogP contribution in [0.3, 0.4) is 0 Å². The SMILES string of the molecule is C#Cc1ccc(C(C(=O)NC(C)C)N(C(=O)C(Cc2ccccc2)NC(=O)OC(C)(C)C)C(C)CCC(C)C)cc1. The predicted octanol–water partition coefficient (Wildman–Crippen LogP) is 6.02. The highest BCUT2D eigenvalue weighted by atomic mass is 16.6. The zero-order valence-corrected chi connectivity index (χ0v) is 25.9. The first-order chi connectivity index (χ1) is 19.2. The molecule has 2 N–H and O–H groups in total. The fraction of sp³-hybridized carbons (Fsp3) is 0.500. The summed E-state index contributed by atoms with van der Waals surface area (Å²) in [6, 6.07) is 14.3. The Morgan fingerprint density at radius 2 is 1.51 bits per heavy atom. The van der Waals surface area contributed by atoms with Gasteiger partial charge in [-0.15, -0.1) is 6.42 Å². The number of carbonyl (C=O) groups is 3. The second-order valence-electron chi connectivity index (χ2n) is 12.3. The molecule has 3 amide bonds. The Hall–Kier alpha value is -3.79. The summed E-state index contributed by atoms with van der Waals surface area (Å²) in [4.78, 5) is 43.0. The highest BCUT2D eigenvalue weighted by Crippen LogP contribution is 2.28. The van der Waals surface area contributed by atoms with Crippen molar-refractivity contribution >= 4 is 17.9 Å². The molecule has 0 aliphatic carbocycles. The van der Waals surface area contributed by atoms with E-state index in [4.69, 9.17) is 11.2 Å². The van der Waals surface area contributed by atoms with Gasteiger partial charge in [0, 0.05) is 24.1 Å². The third kappa shape index (κ3) is 11.0. The number of hydrogen-bond donors (Lipinski definition) is 2. The minimum atomic E-state index is -0.965. The molecule has 0 saturated heterocycles. The maximum Gasteiger partial charge on any atom is 0.408 e. The largest absolute Gasteiger partial charge is 0.444 e. The maximum atomic E-state index is 14.6. The minimum absolute atomic E-state index is 0.141. The quantitative estimate of drug-likeness (QED) is 0.310. The van der Waals surface area contributed by atoms with Gasteiger partial charge in [0.1, 0.15) is 17.7 Å². The van der Waals surface area contributed by atoms with Crippen LogP contribution in [0, 0.1) is 18.3 Å². The zero-order chi connectivity index (χ0) is 30.7. The molecule has 0 aliphatic heterocycles. The van der Waals surface area contributed by atoms with E-state index in [1.807, 2.05) is 51.1 Å². The number of carbonyl (C=O) groups excluding carboxylic acids is 3. The highest BCUT2D eigenvalue weighted by Gasteiger charge is 2.39. The van der Waals surface area contributed by atoms with E-state index in [1.54, 1.807) is 49.9 Å². The molecule has 2 rings (SSSR count). The molecule has 0 aliphatic rings. The van der Waals surface area contributed by atoms with E-state index in [9.17, 15) is 14.4 Å². The number of nitrogens with one attached hydrogen (secondary N) is 2. The van der Waals surface area contributed by atoms with Crippen molar-refractivity contribution in [3.63, 3.8) is 0 Å². The van der Waals surface area contributed by atoms with E-state index >= 15 is 0 Å². The number of ether oxygens (including phenoxy) is 1. The van der Waals surface area contributed by atoms with E-state index in [0.717, 1.165) is 12.0 Å². The summed E-state index contributed by atoms with van der Waals surface area (Å²) in [7, 11) is 0. The van der Waals surface area contributed by atoms with Crippen LogP contribution in [0.15, 0.2) is 54.6 Å². The van der Waals surface area contributed by atoms with Crippen molar-refractivity contribution in [3.8, 4) is 12.3 Å². The fourth-order valence-electron chi connectivity index (χ4n) is 4.56. The molecular formula is C34H47N3O4. The fourth-order valence-corrected chi connectivity index (χ4v) is 4.56. The molecule has 41 heavy (non-hydrogen) atoms. The van der Waals surface area contributed by atoms with Crippen molar-refractivity contribution in [1.82, 2.24) is 15.5 Å². The number of alkyl carbamates (subject to hydrolysis) is 1. The van der Waals surface area contributed by atoms with Crippen molar-refractivity contribution in [2.24, 2.45) is 5.92 Å². The van der Waals surface area contributed by atoms with Crippen molar-refractivity contribution < 1.29 is 19.1 Å². The molecule has 7 heteroatoms. The molecule has 0 spiro atoms. The molecule has 7 nitrogen and oxygen atoms in total. The molecule has 0 aromatic heterocycles. The molecule has 0 saturated carbocycles. The number of amides is 3. The Kier molecular flexibility index (Phi) is 12.5. The van der Waals surface area contributed by atoms with Gasteiger partial charge in [-0.3, -0.25) is 9.59 Å². The van der Waals surface area contributed by atoms with Gasteiger partial charge in [0.25, 0.3) is 0 Å². The third-order valence-corrected chi connectivity index (χ3v) is 6.51. The monoisotopic (exact) mass is 561 g/mol. The van der Waals surface area contributed by atoms with Crippen LogP contribution in [0.5, 0.6) is 0 Å². The lowest BCUT2D eigenvalue weighted by Gasteiger charge is -2.39. The summed E-state index contributed by atoms with van der Waals surface area (Å²) < 4.78 is 5.53. The lowest BCUT2D eigenvalue weighted by Crippen LogP contribution is -2.56. The lowest BCUT2D eigenvalue weighted by atomic mass is 9.95. The van der Waals surface area contributed by atoms with Gasteiger partial charge in [0.15, 0.2) is 0 Å². The molecule has 3 unspecified atom stereocenters. The second-order valence-corrected chi connectivity index (χ2v) is 12.3. The molecule has 3 atom stereocenters. The first-order valence-electron chi connectivity index (χ1n) is 14.4. The molecule has 2 aromatic carbocycles. The summed E-state index contributed by atoms with van der Waals surface area (Å²) in [6.07, 6.45) is 6.67. The van der Waals surface area contributed by atoms with E-state index in [2.05, 4.69) is 30.4 Å². The first kappa shape index (κ1) is 33.4. The molecule has 0 bridgehead atoms. The Bertz CT molecular complexity index is 1180. The van der Waals surface area contributed by atoms with Gasteiger partial charge in [0.2, 0.25) is 11.8 Å². The van der Waals surface area contributed by atoms with Crippen molar-refractivity contribution in [3.05, 3.63) is 71.3 Å². The van der Waals surface area contributed by atoms with E-state index in [-0.39, 0.29) is 30.3 Å².